The first-order chi connectivity index (χ1) is 8.93. The molecule has 1 aromatic heterocycles. The molecular formula is C10H7BrN2O4S2. The number of thiazole rings is 1. The topological polar surface area (TPSA) is 87.6 Å². The highest BCUT2D eigenvalue weighted by atomic mass is 79.9. The first-order valence-corrected chi connectivity index (χ1v) is 7.97. The van der Waals surface area contributed by atoms with Crippen LogP contribution in [0, 0.1) is 0 Å². The average Bonchev–Trinajstić information content (AvgIpc) is 2.82. The molecule has 0 aliphatic rings. The van der Waals surface area contributed by atoms with E-state index in [4.69, 9.17) is 5.11 Å². The van der Waals surface area contributed by atoms with Crippen molar-refractivity contribution in [3.05, 3.63) is 40.3 Å². The number of hydrogen-bond acceptors (Lipinski definition) is 5. The van der Waals surface area contributed by atoms with Crippen molar-refractivity contribution in [2.24, 2.45) is 0 Å². The molecule has 100 valence electrons. The Kier molecular flexibility index (Phi) is 3.88. The van der Waals surface area contributed by atoms with Crippen LogP contribution in [-0.2, 0) is 10.0 Å². The highest BCUT2D eigenvalue weighted by molar-refractivity contribution is 9.10. The van der Waals surface area contributed by atoms with Crippen molar-refractivity contribution >= 4 is 48.5 Å². The second-order valence-electron chi connectivity index (χ2n) is 3.32. The summed E-state index contributed by atoms with van der Waals surface area (Å²) < 4.78 is 25.5. The minimum atomic E-state index is -4.18. The molecule has 2 rings (SSSR count). The molecule has 0 aliphatic heterocycles. The zero-order valence-corrected chi connectivity index (χ0v) is 12.4. The molecule has 1 amide bonds. The first-order valence-electron chi connectivity index (χ1n) is 4.86. The highest BCUT2D eigenvalue weighted by Crippen LogP contribution is 2.26. The number of benzene rings is 1. The van der Waals surface area contributed by atoms with Gasteiger partial charge in [0.15, 0.2) is 0 Å². The zero-order valence-electron chi connectivity index (χ0n) is 9.22. The van der Waals surface area contributed by atoms with Gasteiger partial charge in [0, 0.05) is 16.0 Å². The van der Waals surface area contributed by atoms with Gasteiger partial charge in [-0.3, -0.25) is 0 Å². The predicted molar refractivity (Wildman–Crippen MR) is 73.9 cm³/mol. The lowest BCUT2D eigenvalue weighted by Crippen LogP contribution is -2.35. The van der Waals surface area contributed by atoms with Gasteiger partial charge in [-0.05, 0) is 24.3 Å². The lowest BCUT2D eigenvalue weighted by Gasteiger charge is -2.16. The Morgan fingerprint density at radius 2 is 1.95 bits per heavy atom. The van der Waals surface area contributed by atoms with Crippen LogP contribution in [0.3, 0.4) is 0 Å². The fraction of sp³-hybridized carbons (Fsp3) is 0. The number of nitrogens with zero attached hydrogens (tertiary/aromatic N) is 2. The number of sulfonamides is 1. The molecule has 1 aromatic carbocycles. The summed E-state index contributed by atoms with van der Waals surface area (Å²) in [5.74, 6) is 0. The average molecular weight is 363 g/mol. The van der Waals surface area contributed by atoms with Crippen molar-refractivity contribution in [3.8, 4) is 0 Å². The van der Waals surface area contributed by atoms with Crippen LogP contribution in [-0.4, -0.2) is 24.6 Å². The fourth-order valence-electron chi connectivity index (χ4n) is 1.32. The van der Waals surface area contributed by atoms with Gasteiger partial charge >= 0.3 is 6.09 Å². The summed E-state index contributed by atoms with van der Waals surface area (Å²) >= 11 is 4.11. The lowest BCUT2D eigenvalue weighted by atomic mass is 10.4. The minimum absolute atomic E-state index is 0.115. The monoisotopic (exact) mass is 362 g/mol. The number of rotatable bonds is 3. The highest BCUT2D eigenvalue weighted by Gasteiger charge is 2.32. The Bertz CT molecular complexity index is 683. The number of anilines is 1. The first kappa shape index (κ1) is 14.0. The van der Waals surface area contributed by atoms with E-state index in [2.05, 4.69) is 20.9 Å². The number of carboxylic acid groups (broad SMARTS) is 1. The van der Waals surface area contributed by atoms with E-state index in [1.807, 2.05) is 0 Å². The number of hydrogen-bond donors (Lipinski definition) is 1. The van der Waals surface area contributed by atoms with Crippen molar-refractivity contribution in [2.75, 3.05) is 4.31 Å². The maximum absolute atomic E-state index is 12.3. The molecule has 1 heterocycles. The van der Waals surface area contributed by atoms with Crippen LogP contribution in [0.5, 0.6) is 0 Å². The number of amides is 1. The second kappa shape index (κ2) is 5.27. The van der Waals surface area contributed by atoms with Crippen LogP contribution in [0.15, 0.2) is 45.2 Å². The molecule has 0 bridgehead atoms. The van der Waals surface area contributed by atoms with Crippen molar-refractivity contribution in [1.29, 1.82) is 0 Å². The number of aromatic nitrogens is 1. The van der Waals surface area contributed by atoms with Crippen LogP contribution in [0.4, 0.5) is 9.93 Å². The summed E-state index contributed by atoms with van der Waals surface area (Å²) in [5.41, 5.74) is 0. The van der Waals surface area contributed by atoms with Crippen LogP contribution in [0.25, 0.3) is 0 Å². The SMILES string of the molecule is O=C(O)N(c1nccs1)S(=O)(=O)c1ccc(Br)cc1. The Morgan fingerprint density at radius 1 is 1.32 bits per heavy atom. The van der Waals surface area contributed by atoms with Gasteiger partial charge in [0.05, 0.1) is 4.90 Å². The van der Waals surface area contributed by atoms with Crippen molar-refractivity contribution in [1.82, 2.24) is 4.98 Å². The molecule has 0 aliphatic carbocycles. The Balaban J connectivity index is 2.52. The van der Waals surface area contributed by atoms with Crippen molar-refractivity contribution in [3.63, 3.8) is 0 Å². The van der Waals surface area contributed by atoms with E-state index in [9.17, 15) is 13.2 Å². The summed E-state index contributed by atoms with van der Waals surface area (Å²) in [6.07, 6.45) is -0.259. The van der Waals surface area contributed by atoms with Crippen LogP contribution in [0.2, 0.25) is 0 Å². The summed E-state index contributed by atoms with van der Waals surface area (Å²) in [5, 5.41) is 10.5. The second-order valence-corrected chi connectivity index (χ2v) is 6.90. The Hall–Kier alpha value is -1.45. The van der Waals surface area contributed by atoms with Gasteiger partial charge < -0.3 is 5.11 Å². The van der Waals surface area contributed by atoms with Crippen molar-refractivity contribution in [2.45, 2.75) is 4.90 Å². The standard InChI is InChI=1S/C10H7BrN2O4S2/c11-7-1-3-8(4-2-7)19(16,17)13(10(14)15)9-12-5-6-18-9/h1-6H,(H,14,15). The molecule has 6 nitrogen and oxygen atoms in total. The summed E-state index contributed by atoms with van der Waals surface area (Å²) in [6.45, 7) is 0. The van der Waals surface area contributed by atoms with Gasteiger partial charge in [0.1, 0.15) is 0 Å². The predicted octanol–water partition coefficient (Wildman–Crippen LogP) is 2.78. The van der Waals surface area contributed by atoms with Crippen molar-refractivity contribution < 1.29 is 18.3 Å². The maximum Gasteiger partial charge on any atom is 0.428 e. The van der Waals surface area contributed by atoms with Gasteiger partial charge in [-0.25, -0.2) is 18.2 Å². The smallest absolute Gasteiger partial charge is 0.428 e. The Labute approximate surface area is 121 Å². The molecule has 9 heteroatoms. The maximum atomic E-state index is 12.3. The summed E-state index contributed by atoms with van der Waals surface area (Å²) in [4.78, 5) is 14.8. The van der Waals surface area contributed by atoms with Crippen LogP contribution >= 0.6 is 27.3 Å². The lowest BCUT2D eigenvalue weighted by molar-refractivity contribution is 0.206. The van der Waals surface area contributed by atoms with Gasteiger partial charge in [-0.15, -0.1) is 15.6 Å². The van der Waals surface area contributed by atoms with E-state index < -0.39 is 16.1 Å². The molecule has 0 saturated carbocycles. The molecule has 0 atom stereocenters. The summed E-state index contributed by atoms with van der Waals surface area (Å²) in [6, 6.07) is 5.69. The molecule has 0 spiro atoms. The number of carbonyl (C=O) groups is 1. The van der Waals surface area contributed by atoms with E-state index >= 15 is 0 Å². The third-order valence-corrected chi connectivity index (χ3v) is 5.20. The van der Waals surface area contributed by atoms with Gasteiger partial charge in [0.2, 0.25) is 5.13 Å². The van der Waals surface area contributed by atoms with E-state index in [0.29, 0.717) is 4.47 Å². The van der Waals surface area contributed by atoms with Gasteiger partial charge in [-0.2, -0.15) is 0 Å². The molecule has 0 saturated heterocycles. The van der Waals surface area contributed by atoms with Crippen LogP contribution in [0.1, 0.15) is 0 Å². The van der Waals surface area contributed by atoms with E-state index in [1.165, 1.54) is 35.8 Å². The van der Waals surface area contributed by atoms with E-state index in [0.717, 1.165) is 11.3 Å². The molecular weight excluding hydrogens is 356 g/mol. The molecule has 19 heavy (non-hydrogen) atoms. The van der Waals surface area contributed by atoms with Gasteiger partial charge in [-0.1, -0.05) is 15.9 Å². The normalized spacial score (nSPS) is 11.2. The van der Waals surface area contributed by atoms with Gasteiger partial charge in [0.25, 0.3) is 10.0 Å². The molecule has 0 unspecified atom stereocenters. The molecule has 1 N–H and O–H groups in total. The quantitative estimate of drug-likeness (QED) is 0.906. The third-order valence-electron chi connectivity index (χ3n) is 2.12. The number of halogens is 1. The largest absolute Gasteiger partial charge is 0.464 e. The Morgan fingerprint density at radius 3 is 2.42 bits per heavy atom. The molecule has 0 radical (unpaired) electrons. The fourth-order valence-corrected chi connectivity index (χ4v) is 3.69. The van der Waals surface area contributed by atoms with E-state index in [-0.39, 0.29) is 14.3 Å². The zero-order chi connectivity index (χ0) is 14.0. The van der Waals surface area contributed by atoms with E-state index in [1.54, 1.807) is 0 Å². The minimum Gasteiger partial charge on any atom is -0.464 e. The molecule has 0 fully saturated rings. The summed E-state index contributed by atoms with van der Waals surface area (Å²) in [7, 11) is -4.18. The third kappa shape index (κ3) is 2.77. The van der Waals surface area contributed by atoms with Crippen LogP contribution < -0.4 is 4.31 Å². The molecule has 2 aromatic rings.